The third kappa shape index (κ3) is 2.08. The molecule has 3 aromatic rings. The van der Waals surface area contributed by atoms with Gasteiger partial charge in [-0.25, -0.2) is 15.0 Å². The van der Waals surface area contributed by atoms with Gasteiger partial charge in [0.15, 0.2) is 34.8 Å². The van der Waals surface area contributed by atoms with Crippen molar-refractivity contribution in [3.63, 3.8) is 0 Å². The van der Waals surface area contributed by atoms with Crippen LogP contribution in [0, 0.1) is 0 Å². The second-order valence-corrected chi connectivity index (χ2v) is 5.44. The van der Waals surface area contributed by atoms with E-state index in [1.165, 1.54) is 17.2 Å². The topological polar surface area (TPSA) is 153 Å². The number of nitrogens with two attached hydrogens (primary N) is 1. The van der Waals surface area contributed by atoms with Gasteiger partial charge in [0.2, 0.25) is 0 Å². The van der Waals surface area contributed by atoms with Gasteiger partial charge in [0, 0.05) is 0 Å². The van der Waals surface area contributed by atoms with E-state index >= 15 is 0 Å². The average Bonchev–Trinajstić information content (AvgIpc) is 3.27. The predicted octanol–water partition coefficient (Wildman–Crippen LogP) is -0.720. The Bertz CT molecular complexity index is 864. The smallest absolute Gasteiger partial charge is 0.180 e. The Hall–Kier alpha value is -2.53. The molecular formula is C14H15N5O5. The van der Waals surface area contributed by atoms with Crippen molar-refractivity contribution in [2.75, 3.05) is 12.3 Å². The van der Waals surface area contributed by atoms with Crippen LogP contribution in [0.1, 0.15) is 6.23 Å². The highest BCUT2D eigenvalue weighted by Gasteiger charge is 2.45. The summed E-state index contributed by atoms with van der Waals surface area (Å²) in [6.45, 7) is -0.436. The molecule has 1 aliphatic heterocycles. The van der Waals surface area contributed by atoms with E-state index < -0.39 is 31.1 Å². The number of imidazole rings is 1. The van der Waals surface area contributed by atoms with Gasteiger partial charge in [-0.05, 0) is 12.1 Å². The largest absolute Gasteiger partial charge is 0.461 e. The van der Waals surface area contributed by atoms with Crippen LogP contribution >= 0.6 is 0 Å². The van der Waals surface area contributed by atoms with E-state index in [1.807, 2.05) is 0 Å². The van der Waals surface area contributed by atoms with Crippen LogP contribution in [0.2, 0.25) is 0 Å². The van der Waals surface area contributed by atoms with Gasteiger partial charge in [-0.1, -0.05) is 0 Å². The summed E-state index contributed by atoms with van der Waals surface area (Å²) in [5.74, 6) is 0.889. The summed E-state index contributed by atoms with van der Waals surface area (Å²) in [6.07, 6.45) is -1.73. The molecule has 24 heavy (non-hydrogen) atoms. The maximum atomic E-state index is 10.3. The summed E-state index contributed by atoms with van der Waals surface area (Å²) in [6, 6.07) is 3.37. The number of nitrogen functional groups attached to an aromatic ring is 1. The number of aliphatic hydroxyl groups is 3. The molecule has 4 atom stereocenters. The van der Waals surface area contributed by atoms with Crippen LogP contribution < -0.4 is 5.73 Å². The molecule has 1 fully saturated rings. The molecule has 0 bridgehead atoms. The average molecular weight is 333 g/mol. The zero-order valence-corrected chi connectivity index (χ0v) is 12.4. The van der Waals surface area contributed by atoms with Crippen LogP contribution in [0.25, 0.3) is 22.7 Å². The highest BCUT2D eigenvalue weighted by molar-refractivity contribution is 5.84. The van der Waals surface area contributed by atoms with Gasteiger partial charge in [-0.2, -0.15) is 0 Å². The maximum Gasteiger partial charge on any atom is 0.180 e. The van der Waals surface area contributed by atoms with E-state index in [9.17, 15) is 15.3 Å². The van der Waals surface area contributed by atoms with E-state index in [0.29, 0.717) is 22.7 Å². The van der Waals surface area contributed by atoms with Crippen LogP contribution in [0.4, 0.5) is 5.82 Å². The minimum absolute atomic E-state index is 0.165. The Balaban J connectivity index is 1.94. The first-order chi connectivity index (χ1) is 11.6. The molecule has 0 amide bonds. The second kappa shape index (κ2) is 5.53. The molecule has 1 saturated heterocycles. The lowest BCUT2D eigenvalue weighted by molar-refractivity contribution is -0.0504. The van der Waals surface area contributed by atoms with Crippen LogP contribution in [-0.2, 0) is 4.74 Å². The fourth-order valence-electron chi connectivity index (χ4n) is 2.84. The van der Waals surface area contributed by atoms with Crippen molar-refractivity contribution in [1.29, 1.82) is 0 Å². The number of anilines is 1. The Morgan fingerprint density at radius 3 is 2.75 bits per heavy atom. The lowest BCUT2D eigenvalue weighted by atomic mass is 10.1. The van der Waals surface area contributed by atoms with Gasteiger partial charge in [0.25, 0.3) is 0 Å². The van der Waals surface area contributed by atoms with E-state index in [-0.39, 0.29) is 5.82 Å². The number of nitrogens with zero attached hydrogens (tertiary/aromatic N) is 4. The third-order valence-electron chi connectivity index (χ3n) is 4.02. The molecule has 10 heteroatoms. The quantitative estimate of drug-likeness (QED) is 0.486. The first kappa shape index (κ1) is 15.0. The SMILES string of the molecule is Nc1ncnc2c1nc(-c1ccco1)n2C1OC(CO)C(O)C1O. The van der Waals surface area contributed by atoms with E-state index in [0.717, 1.165) is 0 Å². The molecule has 126 valence electrons. The van der Waals surface area contributed by atoms with Crippen LogP contribution in [0.3, 0.4) is 0 Å². The number of aliphatic hydroxyl groups excluding tert-OH is 3. The molecule has 10 nitrogen and oxygen atoms in total. The van der Waals surface area contributed by atoms with Gasteiger partial charge >= 0.3 is 0 Å². The highest BCUT2D eigenvalue weighted by atomic mass is 16.6. The Morgan fingerprint density at radius 1 is 1.25 bits per heavy atom. The molecule has 1 aliphatic rings. The molecule has 0 aromatic carbocycles. The number of hydrogen-bond acceptors (Lipinski definition) is 9. The molecule has 4 heterocycles. The van der Waals surface area contributed by atoms with E-state index in [4.69, 9.17) is 14.9 Å². The minimum atomic E-state index is -1.29. The standard InChI is InChI=1S/C14H15N5O5/c15-11-8-13(17-5-16-11)19(12(18-8)6-2-1-3-23-6)14-10(22)9(21)7(4-20)24-14/h1-3,5,7,9-10,14,20-22H,4H2,(H2,15,16,17). The van der Waals surface area contributed by atoms with Crippen LogP contribution in [0.5, 0.6) is 0 Å². The van der Waals surface area contributed by atoms with E-state index in [1.54, 1.807) is 12.1 Å². The summed E-state index contributed by atoms with van der Waals surface area (Å²) in [4.78, 5) is 12.5. The molecule has 0 aliphatic carbocycles. The number of rotatable bonds is 3. The monoisotopic (exact) mass is 333 g/mol. The van der Waals surface area contributed by atoms with Crippen molar-refractivity contribution in [3.05, 3.63) is 24.7 Å². The Labute approximate surface area is 135 Å². The zero-order chi connectivity index (χ0) is 16.8. The molecule has 4 rings (SSSR count). The Morgan fingerprint density at radius 2 is 2.08 bits per heavy atom. The molecule has 0 spiro atoms. The van der Waals surface area contributed by atoms with Crippen molar-refractivity contribution in [1.82, 2.24) is 19.5 Å². The predicted molar refractivity (Wildman–Crippen MR) is 80.4 cm³/mol. The van der Waals surface area contributed by atoms with E-state index in [2.05, 4.69) is 15.0 Å². The van der Waals surface area contributed by atoms with Crippen molar-refractivity contribution >= 4 is 17.0 Å². The number of aromatic nitrogens is 4. The normalized spacial score (nSPS) is 27.1. The fourth-order valence-corrected chi connectivity index (χ4v) is 2.84. The summed E-state index contributed by atoms with van der Waals surface area (Å²) in [7, 11) is 0. The van der Waals surface area contributed by atoms with Crippen LogP contribution in [-0.4, -0.2) is 59.8 Å². The Kier molecular flexibility index (Phi) is 3.46. The summed E-state index contributed by atoms with van der Waals surface area (Å²) in [5.41, 5.74) is 6.50. The lowest BCUT2D eigenvalue weighted by Crippen LogP contribution is -2.33. The second-order valence-electron chi connectivity index (χ2n) is 5.44. The van der Waals surface area contributed by atoms with Crippen molar-refractivity contribution < 1.29 is 24.5 Å². The maximum absolute atomic E-state index is 10.3. The number of hydrogen-bond donors (Lipinski definition) is 4. The molecule has 3 aromatic heterocycles. The fraction of sp³-hybridized carbons (Fsp3) is 0.357. The van der Waals surface area contributed by atoms with Crippen molar-refractivity contribution in [3.8, 4) is 11.6 Å². The molecule has 0 radical (unpaired) electrons. The van der Waals surface area contributed by atoms with Gasteiger partial charge in [0.05, 0.1) is 12.9 Å². The highest BCUT2D eigenvalue weighted by Crippen LogP contribution is 2.36. The van der Waals surface area contributed by atoms with Crippen molar-refractivity contribution in [2.45, 2.75) is 24.5 Å². The number of furan rings is 1. The summed E-state index contributed by atoms with van der Waals surface area (Å²) in [5, 5.41) is 29.7. The number of ether oxygens (including phenoxy) is 1. The summed E-state index contributed by atoms with van der Waals surface area (Å²) < 4.78 is 12.5. The first-order valence-corrected chi connectivity index (χ1v) is 7.26. The van der Waals surface area contributed by atoms with Gasteiger partial charge in [-0.3, -0.25) is 4.57 Å². The van der Waals surface area contributed by atoms with Gasteiger partial charge in [0.1, 0.15) is 24.6 Å². The van der Waals surface area contributed by atoms with Gasteiger partial charge < -0.3 is 30.2 Å². The number of fused-ring (bicyclic) bond motifs is 1. The summed E-state index contributed by atoms with van der Waals surface area (Å²) >= 11 is 0. The lowest BCUT2D eigenvalue weighted by Gasteiger charge is -2.18. The first-order valence-electron chi connectivity index (χ1n) is 7.26. The molecule has 0 saturated carbocycles. The molecule has 4 unspecified atom stereocenters. The zero-order valence-electron chi connectivity index (χ0n) is 12.4. The third-order valence-corrected chi connectivity index (χ3v) is 4.02. The molecule has 5 N–H and O–H groups in total. The van der Waals surface area contributed by atoms with Crippen molar-refractivity contribution in [2.24, 2.45) is 0 Å². The minimum Gasteiger partial charge on any atom is -0.461 e. The van der Waals surface area contributed by atoms with Gasteiger partial charge in [-0.15, -0.1) is 0 Å². The molecular weight excluding hydrogens is 318 g/mol. The van der Waals surface area contributed by atoms with Crippen LogP contribution in [0.15, 0.2) is 29.1 Å².